The summed E-state index contributed by atoms with van der Waals surface area (Å²) in [6, 6.07) is 7.31. The van der Waals surface area contributed by atoms with Gasteiger partial charge in [-0.25, -0.2) is 0 Å². The molecule has 5 heteroatoms. The molecule has 5 nitrogen and oxygen atoms in total. The summed E-state index contributed by atoms with van der Waals surface area (Å²) in [4.78, 5) is 22.2. The van der Waals surface area contributed by atoms with Gasteiger partial charge in [-0.15, -0.1) is 0 Å². The van der Waals surface area contributed by atoms with Gasteiger partial charge in [-0.3, -0.25) is 9.59 Å². The van der Waals surface area contributed by atoms with Crippen LogP contribution in [-0.2, 0) is 16.1 Å². The lowest BCUT2D eigenvalue weighted by atomic mass is 10.1. The number of aliphatic carboxylic acids is 1. The molecule has 0 unspecified atom stereocenters. The minimum atomic E-state index is -0.774. The molecule has 110 valence electrons. The van der Waals surface area contributed by atoms with Crippen LogP contribution in [0.2, 0.25) is 0 Å². The Bertz CT molecular complexity index is 445. The van der Waals surface area contributed by atoms with Gasteiger partial charge in [0.1, 0.15) is 0 Å². The Labute approximate surface area is 118 Å². The molecule has 0 bridgehead atoms. The smallest absolute Gasteiger partial charge is 0.303 e. The number of benzene rings is 1. The highest BCUT2D eigenvalue weighted by molar-refractivity contribution is 5.94. The quantitative estimate of drug-likeness (QED) is 0.679. The number of nitrogens with one attached hydrogen (secondary N) is 1. The van der Waals surface area contributed by atoms with Crippen molar-refractivity contribution >= 4 is 11.9 Å². The van der Waals surface area contributed by atoms with E-state index in [1.54, 1.807) is 13.2 Å². The van der Waals surface area contributed by atoms with Gasteiger partial charge in [0, 0.05) is 25.6 Å². The van der Waals surface area contributed by atoms with Gasteiger partial charge < -0.3 is 15.2 Å². The third-order valence-electron chi connectivity index (χ3n) is 2.85. The van der Waals surface area contributed by atoms with E-state index in [2.05, 4.69) is 5.32 Å². The first-order chi connectivity index (χ1) is 9.63. The Morgan fingerprint density at radius 2 is 2.05 bits per heavy atom. The van der Waals surface area contributed by atoms with Crippen LogP contribution in [0.1, 0.15) is 41.6 Å². The molecule has 0 aliphatic carbocycles. The second-order valence-electron chi connectivity index (χ2n) is 4.59. The number of hydrogen-bond acceptors (Lipinski definition) is 3. The minimum Gasteiger partial charge on any atom is -0.481 e. The lowest BCUT2D eigenvalue weighted by Gasteiger charge is -2.06. The molecule has 20 heavy (non-hydrogen) atoms. The molecular formula is C15H21NO4. The van der Waals surface area contributed by atoms with Gasteiger partial charge in [-0.1, -0.05) is 18.6 Å². The average Bonchev–Trinajstić information content (AvgIpc) is 2.43. The van der Waals surface area contributed by atoms with E-state index in [4.69, 9.17) is 9.84 Å². The summed E-state index contributed by atoms with van der Waals surface area (Å²) < 4.78 is 5.03. The van der Waals surface area contributed by atoms with E-state index in [9.17, 15) is 9.59 Å². The van der Waals surface area contributed by atoms with Gasteiger partial charge in [0.25, 0.3) is 5.91 Å². The molecule has 1 amide bonds. The molecule has 0 saturated carbocycles. The van der Waals surface area contributed by atoms with Crippen molar-refractivity contribution in [3.05, 3.63) is 35.4 Å². The van der Waals surface area contributed by atoms with Crippen molar-refractivity contribution in [3.8, 4) is 0 Å². The second-order valence-corrected chi connectivity index (χ2v) is 4.59. The fraction of sp³-hybridized carbons (Fsp3) is 0.467. The van der Waals surface area contributed by atoms with E-state index < -0.39 is 5.97 Å². The summed E-state index contributed by atoms with van der Waals surface area (Å²) in [5.74, 6) is -0.884. The Hall–Kier alpha value is -1.88. The summed E-state index contributed by atoms with van der Waals surface area (Å²) in [6.45, 7) is 1.04. The summed E-state index contributed by atoms with van der Waals surface area (Å²) in [5.41, 5.74) is 1.58. The zero-order valence-corrected chi connectivity index (χ0v) is 11.7. The molecule has 0 atom stereocenters. The molecule has 1 aromatic carbocycles. The van der Waals surface area contributed by atoms with E-state index in [0.29, 0.717) is 25.1 Å². The van der Waals surface area contributed by atoms with Crippen LogP contribution in [0.15, 0.2) is 24.3 Å². The Kier molecular flexibility index (Phi) is 7.35. The molecule has 0 heterocycles. The van der Waals surface area contributed by atoms with Gasteiger partial charge in [0.2, 0.25) is 0 Å². The summed E-state index contributed by atoms with van der Waals surface area (Å²) in [7, 11) is 1.61. The van der Waals surface area contributed by atoms with Gasteiger partial charge in [0.15, 0.2) is 0 Å². The number of unbranched alkanes of at least 4 members (excludes halogenated alkanes) is 2. The van der Waals surface area contributed by atoms with Crippen molar-refractivity contribution < 1.29 is 19.4 Å². The molecule has 0 spiro atoms. The molecular weight excluding hydrogens is 258 g/mol. The summed E-state index contributed by atoms with van der Waals surface area (Å²) in [5, 5.41) is 11.3. The topological polar surface area (TPSA) is 75.6 Å². The van der Waals surface area contributed by atoms with Crippen LogP contribution in [0.3, 0.4) is 0 Å². The minimum absolute atomic E-state index is 0.110. The van der Waals surface area contributed by atoms with E-state index in [1.165, 1.54) is 0 Å². The normalized spacial score (nSPS) is 10.2. The fourth-order valence-electron chi connectivity index (χ4n) is 1.85. The predicted molar refractivity (Wildman–Crippen MR) is 75.6 cm³/mol. The maximum atomic E-state index is 11.9. The number of carboxylic acids is 1. The SMILES string of the molecule is COCc1cccc(C(=O)NCCCCCC(=O)O)c1. The van der Waals surface area contributed by atoms with E-state index >= 15 is 0 Å². The number of carbonyl (C=O) groups excluding carboxylic acids is 1. The Balaban J connectivity index is 2.28. The van der Waals surface area contributed by atoms with Crippen LogP contribution in [0.5, 0.6) is 0 Å². The summed E-state index contributed by atoms with van der Waals surface area (Å²) in [6.07, 6.45) is 2.43. The fourth-order valence-corrected chi connectivity index (χ4v) is 1.85. The molecule has 0 aliphatic heterocycles. The zero-order valence-electron chi connectivity index (χ0n) is 11.7. The first-order valence-electron chi connectivity index (χ1n) is 6.71. The van der Waals surface area contributed by atoms with Crippen LogP contribution in [-0.4, -0.2) is 30.6 Å². The number of methoxy groups -OCH3 is 1. The van der Waals surface area contributed by atoms with Crippen molar-refractivity contribution in [2.45, 2.75) is 32.3 Å². The first-order valence-corrected chi connectivity index (χ1v) is 6.71. The highest BCUT2D eigenvalue weighted by atomic mass is 16.5. The van der Waals surface area contributed by atoms with Gasteiger partial charge in [-0.2, -0.15) is 0 Å². The molecule has 1 aromatic rings. The van der Waals surface area contributed by atoms with E-state index in [0.717, 1.165) is 18.4 Å². The number of carboxylic acid groups (broad SMARTS) is 1. The lowest BCUT2D eigenvalue weighted by Crippen LogP contribution is -2.24. The van der Waals surface area contributed by atoms with Crippen molar-refractivity contribution in [2.24, 2.45) is 0 Å². The molecule has 0 radical (unpaired) electrons. The van der Waals surface area contributed by atoms with Gasteiger partial charge >= 0.3 is 5.97 Å². The van der Waals surface area contributed by atoms with Crippen LogP contribution >= 0.6 is 0 Å². The Morgan fingerprint density at radius 3 is 2.75 bits per heavy atom. The third kappa shape index (κ3) is 6.33. The van der Waals surface area contributed by atoms with Crippen LogP contribution in [0, 0.1) is 0 Å². The monoisotopic (exact) mass is 279 g/mol. The van der Waals surface area contributed by atoms with E-state index in [1.807, 2.05) is 18.2 Å². The predicted octanol–water partition coefficient (Wildman–Crippen LogP) is 2.21. The molecule has 1 rings (SSSR count). The van der Waals surface area contributed by atoms with Gasteiger partial charge in [0.05, 0.1) is 6.61 Å². The molecule has 0 aliphatic rings. The first kappa shape index (κ1) is 16.2. The number of carbonyl (C=O) groups is 2. The highest BCUT2D eigenvalue weighted by Gasteiger charge is 2.05. The lowest BCUT2D eigenvalue weighted by molar-refractivity contribution is -0.137. The van der Waals surface area contributed by atoms with Crippen molar-refractivity contribution in [2.75, 3.05) is 13.7 Å². The second kappa shape index (κ2) is 9.09. The van der Waals surface area contributed by atoms with Crippen molar-refractivity contribution in [1.29, 1.82) is 0 Å². The van der Waals surface area contributed by atoms with Gasteiger partial charge in [-0.05, 0) is 30.5 Å². The summed E-state index contributed by atoms with van der Waals surface area (Å²) >= 11 is 0. The van der Waals surface area contributed by atoms with E-state index in [-0.39, 0.29) is 12.3 Å². The maximum Gasteiger partial charge on any atom is 0.303 e. The number of ether oxygens (including phenoxy) is 1. The zero-order chi connectivity index (χ0) is 14.8. The van der Waals surface area contributed by atoms with Crippen LogP contribution < -0.4 is 5.32 Å². The largest absolute Gasteiger partial charge is 0.481 e. The standard InChI is InChI=1S/C15H21NO4/c1-20-11-12-6-5-7-13(10-12)15(19)16-9-4-2-3-8-14(17)18/h5-7,10H,2-4,8-9,11H2,1H3,(H,16,19)(H,17,18). The number of hydrogen-bond donors (Lipinski definition) is 2. The highest BCUT2D eigenvalue weighted by Crippen LogP contribution is 2.06. The molecule has 0 aromatic heterocycles. The third-order valence-corrected chi connectivity index (χ3v) is 2.85. The van der Waals surface area contributed by atoms with Crippen molar-refractivity contribution in [3.63, 3.8) is 0 Å². The van der Waals surface area contributed by atoms with Crippen LogP contribution in [0.25, 0.3) is 0 Å². The van der Waals surface area contributed by atoms with Crippen molar-refractivity contribution in [1.82, 2.24) is 5.32 Å². The van der Waals surface area contributed by atoms with Crippen LogP contribution in [0.4, 0.5) is 0 Å². The molecule has 2 N–H and O–H groups in total. The Morgan fingerprint density at radius 1 is 1.25 bits per heavy atom. The molecule has 0 saturated heterocycles. The molecule has 0 fully saturated rings. The maximum absolute atomic E-state index is 11.9. The number of rotatable bonds is 9. The number of amides is 1. The average molecular weight is 279 g/mol.